The van der Waals surface area contributed by atoms with Gasteiger partial charge in [0.05, 0.1) is 0 Å². The number of carbonyl (C=O) groups is 1. The van der Waals surface area contributed by atoms with Crippen molar-refractivity contribution in [3.8, 4) is 0 Å². The van der Waals surface area contributed by atoms with Gasteiger partial charge in [0, 0.05) is 18.2 Å². The number of anilines is 1. The van der Waals surface area contributed by atoms with Crippen molar-refractivity contribution in [3.05, 3.63) is 28.8 Å². The van der Waals surface area contributed by atoms with Gasteiger partial charge in [0.1, 0.15) is 0 Å². The highest BCUT2D eigenvalue weighted by atomic mass is 16.1. The van der Waals surface area contributed by atoms with Crippen LogP contribution in [0, 0.1) is 20.8 Å². The van der Waals surface area contributed by atoms with Gasteiger partial charge in [0.2, 0.25) is 5.91 Å². The van der Waals surface area contributed by atoms with Crippen LogP contribution in [0.1, 0.15) is 37.0 Å². The quantitative estimate of drug-likeness (QED) is 0.841. The average Bonchev–Trinajstić information content (AvgIpc) is 2.23. The molecule has 3 heteroatoms. The summed E-state index contributed by atoms with van der Waals surface area (Å²) in [5.41, 5.74) is 4.42. The summed E-state index contributed by atoms with van der Waals surface area (Å²) in [4.78, 5) is 11.9. The van der Waals surface area contributed by atoms with E-state index in [2.05, 4.69) is 29.7 Å². The zero-order valence-electron chi connectivity index (χ0n) is 12.1. The second kappa shape index (κ2) is 6.55. The molecule has 0 aliphatic rings. The Kier molecular flexibility index (Phi) is 5.35. The van der Waals surface area contributed by atoms with Crippen molar-refractivity contribution in [2.45, 2.75) is 47.1 Å². The molecule has 0 bridgehead atoms. The van der Waals surface area contributed by atoms with Crippen LogP contribution in [0.3, 0.4) is 0 Å². The van der Waals surface area contributed by atoms with Crippen molar-refractivity contribution in [1.82, 2.24) is 5.32 Å². The molecule has 0 aliphatic carbocycles. The van der Waals surface area contributed by atoms with E-state index in [1.165, 1.54) is 5.56 Å². The number of hydrogen-bond donors (Lipinski definition) is 2. The fraction of sp³-hybridized carbons (Fsp3) is 0.533. The molecule has 0 radical (unpaired) electrons. The second-order valence-corrected chi connectivity index (χ2v) is 4.98. The van der Waals surface area contributed by atoms with Crippen molar-refractivity contribution >= 4 is 11.6 Å². The molecule has 1 aromatic rings. The Morgan fingerprint density at radius 3 is 2.28 bits per heavy atom. The molecule has 0 saturated heterocycles. The molecule has 18 heavy (non-hydrogen) atoms. The zero-order chi connectivity index (χ0) is 13.7. The van der Waals surface area contributed by atoms with Crippen LogP contribution in [-0.2, 0) is 4.79 Å². The van der Waals surface area contributed by atoms with Crippen molar-refractivity contribution < 1.29 is 4.79 Å². The van der Waals surface area contributed by atoms with Crippen molar-refractivity contribution in [3.63, 3.8) is 0 Å². The number of amides is 1. The van der Waals surface area contributed by atoms with Crippen molar-refractivity contribution in [1.29, 1.82) is 0 Å². The molecule has 0 saturated carbocycles. The van der Waals surface area contributed by atoms with Gasteiger partial charge in [-0.25, -0.2) is 0 Å². The summed E-state index contributed by atoms with van der Waals surface area (Å²) >= 11 is 0. The summed E-state index contributed by atoms with van der Waals surface area (Å²) < 4.78 is 0. The first-order valence-corrected chi connectivity index (χ1v) is 6.55. The van der Waals surface area contributed by atoms with Crippen LogP contribution >= 0.6 is 0 Å². The first-order chi connectivity index (χ1) is 8.43. The third-order valence-corrected chi connectivity index (χ3v) is 2.99. The second-order valence-electron chi connectivity index (χ2n) is 4.98. The topological polar surface area (TPSA) is 41.1 Å². The minimum Gasteiger partial charge on any atom is -0.326 e. The van der Waals surface area contributed by atoms with Gasteiger partial charge in [0.15, 0.2) is 0 Å². The summed E-state index contributed by atoms with van der Waals surface area (Å²) in [7, 11) is 0. The Morgan fingerprint density at radius 2 is 1.78 bits per heavy atom. The summed E-state index contributed by atoms with van der Waals surface area (Å²) in [5.74, 6) is 0.0681. The number of nitrogens with one attached hydrogen (secondary N) is 2. The van der Waals surface area contributed by atoms with Crippen molar-refractivity contribution in [2.24, 2.45) is 0 Å². The molecular formula is C15H24N2O. The van der Waals surface area contributed by atoms with Crippen LogP contribution in [-0.4, -0.2) is 18.5 Å². The first kappa shape index (κ1) is 14.7. The van der Waals surface area contributed by atoms with E-state index in [9.17, 15) is 4.79 Å². The average molecular weight is 248 g/mol. The summed E-state index contributed by atoms with van der Waals surface area (Å²) in [6.45, 7) is 11.1. The molecule has 1 aromatic carbocycles. The lowest BCUT2D eigenvalue weighted by Gasteiger charge is -2.15. The lowest BCUT2D eigenvalue weighted by molar-refractivity contribution is -0.116. The smallest absolute Gasteiger partial charge is 0.225 e. The van der Waals surface area contributed by atoms with E-state index in [-0.39, 0.29) is 11.9 Å². The number of hydrogen-bond acceptors (Lipinski definition) is 2. The Bertz CT molecular complexity index is 403. The van der Waals surface area contributed by atoms with E-state index >= 15 is 0 Å². The molecule has 0 heterocycles. The maximum atomic E-state index is 11.9. The van der Waals surface area contributed by atoms with E-state index in [1.807, 2.05) is 27.7 Å². The van der Waals surface area contributed by atoms with Gasteiger partial charge < -0.3 is 10.6 Å². The highest BCUT2D eigenvalue weighted by molar-refractivity contribution is 5.92. The Labute approximate surface area is 110 Å². The molecular weight excluding hydrogens is 224 g/mol. The lowest BCUT2D eigenvalue weighted by Crippen LogP contribution is -2.30. The van der Waals surface area contributed by atoms with E-state index < -0.39 is 0 Å². The lowest BCUT2D eigenvalue weighted by atomic mass is 10.0. The minimum atomic E-state index is 0.0681. The van der Waals surface area contributed by atoms with Gasteiger partial charge in [-0.1, -0.05) is 24.6 Å². The molecule has 0 fully saturated rings. The van der Waals surface area contributed by atoms with Crippen LogP contribution in [0.5, 0.6) is 0 Å². The number of carbonyl (C=O) groups excluding carboxylic acids is 1. The number of rotatable bonds is 5. The maximum Gasteiger partial charge on any atom is 0.225 e. The first-order valence-electron chi connectivity index (χ1n) is 6.55. The third kappa shape index (κ3) is 4.15. The van der Waals surface area contributed by atoms with Crippen LogP contribution in [0.2, 0.25) is 0 Å². The maximum absolute atomic E-state index is 11.9. The van der Waals surface area contributed by atoms with E-state index in [0.29, 0.717) is 6.42 Å². The molecule has 100 valence electrons. The largest absolute Gasteiger partial charge is 0.326 e. The Balaban J connectivity index is 2.70. The van der Waals surface area contributed by atoms with Crippen LogP contribution in [0.4, 0.5) is 5.69 Å². The Morgan fingerprint density at radius 1 is 1.22 bits per heavy atom. The molecule has 3 nitrogen and oxygen atoms in total. The summed E-state index contributed by atoms with van der Waals surface area (Å²) in [6.07, 6.45) is 0.501. The van der Waals surface area contributed by atoms with Gasteiger partial charge in [-0.2, -0.15) is 0 Å². The monoisotopic (exact) mass is 248 g/mol. The fourth-order valence-electron chi connectivity index (χ4n) is 2.27. The molecule has 1 atom stereocenters. The van der Waals surface area contributed by atoms with Crippen LogP contribution in [0.25, 0.3) is 0 Å². The normalized spacial score (nSPS) is 12.3. The molecule has 1 rings (SSSR count). The molecule has 0 spiro atoms. The SMILES string of the molecule is CCNC(C)CC(=O)Nc1c(C)cc(C)cc1C. The molecule has 0 aromatic heterocycles. The van der Waals surface area contributed by atoms with Crippen molar-refractivity contribution in [2.75, 3.05) is 11.9 Å². The van der Waals surface area contributed by atoms with Gasteiger partial charge in [-0.3, -0.25) is 4.79 Å². The van der Waals surface area contributed by atoms with E-state index in [4.69, 9.17) is 0 Å². The fourth-order valence-corrected chi connectivity index (χ4v) is 2.27. The molecule has 0 aliphatic heterocycles. The van der Waals surface area contributed by atoms with E-state index in [0.717, 1.165) is 23.4 Å². The minimum absolute atomic E-state index is 0.0681. The summed E-state index contributed by atoms with van der Waals surface area (Å²) in [5, 5.41) is 6.26. The predicted octanol–water partition coefficient (Wildman–Crippen LogP) is 2.94. The van der Waals surface area contributed by atoms with Crippen LogP contribution < -0.4 is 10.6 Å². The molecule has 1 amide bonds. The molecule has 2 N–H and O–H groups in total. The standard InChI is InChI=1S/C15H24N2O/c1-6-16-13(5)9-14(18)17-15-11(3)7-10(2)8-12(15)4/h7-8,13,16H,6,9H2,1-5H3,(H,17,18). The highest BCUT2D eigenvalue weighted by Gasteiger charge is 2.11. The third-order valence-electron chi connectivity index (χ3n) is 2.99. The van der Waals surface area contributed by atoms with Gasteiger partial charge in [-0.05, 0) is 45.4 Å². The Hall–Kier alpha value is -1.35. The number of aryl methyl sites for hydroxylation is 3. The van der Waals surface area contributed by atoms with Gasteiger partial charge in [0.25, 0.3) is 0 Å². The predicted molar refractivity (Wildman–Crippen MR) is 77.0 cm³/mol. The zero-order valence-corrected chi connectivity index (χ0v) is 12.1. The van der Waals surface area contributed by atoms with Crippen LogP contribution in [0.15, 0.2) is 12.1 Å². The van der Waals surface area contributed by atoms with Gasteiger partial charge >= 0.3 is 0 Å². The van der Waals surface area contributed by atoms with E-state index in [1.54, 1.807) is 0 Å². The summed E-state index contributed by atoms with van der Waals surface area (Å²) in [6, 6.07) is 4.40. The van der Waals surface area contributed by atoms with Gasteiger partial charge in [-0.15, -0.1) is 0 Å². The highest BCUT2D eigenvalue weighted by Crippen LogP contribution is 2.22. The number of benzene rings is 1. The molecule has 1 unspecified atom stereocenters.